The smallest absolute Gasteiger partial charge is 0.192 e. The SMILES string of the molecule is Cc1cc(C)cc(COn2cnc3c(ncn3[C@@H]3O[C@H](CO)[C@@H](O)[C@H]3O)c2=N)c1. The van der Waals surface area contributed by atoms with Crippen molar-refractivity contribution in [3.05, 3.63) is 53.0 Å². The van der Waals surface area contributed by atoms with Gasteiger partial charge in [0.15, 0.2) is 22.9 Å². The highest BCUT2D eigenvalue weighted by Gasteiger charge is 2.44. The summed E-state index contributed by atoms with van der Waals surface area (Å²) in [4.78, 5) is 14.2. The highest BCUT2D eigenvalue weighted by atomic mass is 16.7. The van der Waals surface area contributed by atoms with E-state index in [0.717, 1.165) is 16.7 Å². The molecule has 1 aliphatic heterocycles. The number of nitrogens with one attached hydrogen (secondary N) is 1. The average molecular weight is 401 g/mol. The molecule has 0 saturated carbocycles. The van der Waals surface area contributed by atoms with Crippen LogP contribution in [0.1, 0.15) is 22.9 Å². The lowest BCUT2D eigenvalue weighted by Gasteiger charge is -2.16. The molecule has 3 heterocycles. The molecule has 0 unspecified atom stereocenters. The topological polar surface area (TPSA) is 139 Å². The van der Waals surface area contributed by atoms with Crippen molar-refractivity contribution in [1.29, 1.82) is 5.41 Å². The van der Waals surface area contributed by atoms with E-state index in [1.807, 2.05) is 26.0 Å². The van der Waals surface area contributed by atoms with Crippen LogP contribution in [0.2, 0.25) is 0 Å². The zero-order chi connectivity index (χ0) is 20.7. The number of aryl methyl sites for hydroxylation is 2. The molecule has 4 atom stereocenters. The molecule has 2 aromatic heterocycles. The average Bonchev–Trinajstić information content (AvgIpc) is 3.22. The second-order valence-electron chi connectivity index (χ2n) is 7.24. The maximum Gasteiger partial charge on any atom is 0.192 e. The highest BCUT2D eigenvalue weighted by Crippen LogP contribution is 2.30. The van der Waals surface area contributed by atoms with Gasteiger partial charge in [-0.1, -0.05) is 29.3 Å². The summed E-state index contributed by atoms with van der Waals surface area (Å²) in [7, 11) is 0. The summed E-state index contributed by atoms with van der Waals surface area (Å²) in [6.45, 7) is 3.86. The van der Waals surface area contributed by atoms with Gasteiger partial charge in [-0.2, -0.15) is 4.73 Å². The molecule has 0 bridgehead atoms. The van der Waals surface area contributed by atoms with Gasteiger partial charge in [-0.25, -0.2) is 9.97 Å². The van der Waals surface area contributed by atoms with E-state index >= 15 is 0 Å². The van der Waals surface area contributed by atoms with Crippen molar-refractivity contribution in [3.63, 3.8) is 0 Å². The molecule has 4 N–H and O–H groups in total. The fraction of sp³-hybridized carbons (Fsp3) is 0.421. The summed E-state index contributed by atoms with van der Waals surface area (Å²) in [6.07, 6.45) is -1.62. The molecule has 1 aromatic carbocycles. The molecule has 1 aliphatic rings. The van der Waals surface area contributed by atoms with Crippen LogP contribution in [-0.2, 0) is 11.3 Å². The lowest BCUT2D eigenvalue weighted by atomic mass is 10.1. The van der Waals surface area contributed by atoms with Crippen molar-refractivity contribution in [2.45, 2.75) is 45.0 Å². The van der Waals surface area contributed by atoms with Gasteiger partial charge in [0.05, 0.1) is 12.9 Å². The van der Waals surface area contributed by atoms with Crippen LogP contribution in [0.5, 0.6) is 0 Å². The summed E-state index contributed by atoms with van der Waals surface area (Å²) >= 11 is 0. The van der Waals surface area contributed by atoms with E-state index in [-0.39, 0.29) is 17.6 Å². The molecule has 0 amide bonds. The largest absolute Gasteiger partial charge is 0.406 e. The van der Waals surface area contributed by atoms with Crippen LogP contribution in [0.15, 0.2) is 30.9 Å². The molecule has 29 heavy (non-hydrogen) atoms. The molecule has 0 aliphatic carbocycles. The predicted octanol–water partition coefficient (Wildman–Crippen LogP) is -0.431. The van der Waals surface area contributed by atoms with Crippen LogP contribution in [-0.4, -0.2) is 59.5 Å². The minimum absolute atomic E-state index is 0.00938. The van der Waals surface area contributed by atoms with Crippen LogP contribution >= 0.6 is 0 Å². The molecular weight excluding hydrogens is 378 g/mol. The van der Waals surface area contributed by atoms with Crippen LogP contribution in [0.3, 0.4) is 0 Å². The van der Waals surface area contributed by atoms with Gasteiger partial charge >= 0.3 is 0 Å². The number of fused-ring (bicyclic) bond motifs is 1. The third-order valence-corrected chi connectivity index (χ3v) is 4.94. The van der Waals surface area contributed by atoms with Crippen molar-refractivity contribution in [1.82, 2.24) is 19.3 Å². The van der Waals surface area contributed by atoms with Crippen molar-refractivity contribution in [2.24, 2.45) is 0 Å². The quantitative estimate of drug-likeness (QED) is 0.455. The summed E-state index contributed by atoms with van der Waals surface area (Å²) < 4.78 is 8.19. The zero-order valence-electron chi connectivity index (χ0n) is 16.1. The standard InChI is InChI=1S/C19H23N5O5/c1-10-3-11(2)5-12(4-10)7-28-24-9-22-18-14(17(24)20)21-8-23(18)19-16(27)15(26)13(6-25)29-19/h3-5,8-9,13,15-16,19-20,25-27H,6-7H2,1-2H3/t13-,15-,16-,19-/m1/s1. The predicted molar refractivity (Wildman–Crippen MR) is 101 cm³/mol. The van der Waals surface area contributed by atoms with Crippen molar-refractivity contribution in [2.75, 3.05) is 6.61 Å². The molecule has 10 heteroatoms. The Morgan fingerprint density at radius 3 is 2.48 bits per heavy atom. The number of hydrogen-bond donors (Lipinski definition) is 4. The third-order valence-electron chi connectivity index (χ3n) is 4.94. The van der Waals surface area contributed by atoms with Crippen LogP contribution in [0.25, 0.3) is 11.2 Å². The van der Waals surface area contributed by atoms with E-state index in [1.165, 1.54) is 22.0 Å². The van der Waals surface area contributed by atoms with Gasteiger partial charge in [0, 0.05) is 0 Å². The lowest BCUT2D eigenvalue weighted by molar-refractivity contribution is -0.0511. The number of nitrogens with zero attached hydrogens (tertiary/aromatic N) is 4. The molecule has 154 valence electrons. The Morgan fingerprint density at radius 1 is 1.10 bits per heavy atom. The molecule has 0 spiro atoms. The first-order chi connectivity index (χ1) is 13.9. The summed E-state index contributed by atoms with van der Waals surface area (Å²) in [6, 6.07) is 6.10. The number of aromatic nitrogens is 4. The maximum atomic E-state index is 10.2. The fourth-order valence-corrected chi connectivity index (χ4v) is 3.61. The molecule has 4 rings (SSSR count). The Hall–Kier alpha value is -2.79. The van der Waals surface area contributed by atoms with E-state index in [9.17, 15) is 15.3 Å². The normalized spacial score (nSPS) is 24.3. The second kappa shape index (κ2) is 7.56. The number of ether oxygens (including phenoxy) is 1. The molecule has 1 saturated heterocycles. The molecular formula is C19H23N5O5. The van der Waals surface area contributed by atoms with Crippen LogP contribution in [0, 0.1) is 19.3 Å². The molecule has 0 radical (unpaired) electrons. The minimum atomic E-state index is -1.26. The Bertz CT molecular complexity index is 1070. The van der Waals surface area contributed by atoms with Gasteiger partial charge < -0.3 is 24.9 Å². The van der Waals surface area contributed by atoms with Crippen LogP contribution in [0.4, 0.5) is 0 Å². The number of hydrogen-bond acceptors (Lipinski definition) is 8. The van der Waals surface area contributed by atoms with E-state index in [4.69, 9.17) is 15.0 Å². The van der Waals surface area contributed by atoms with Gasteiger partial charge in [-0.05, 0) is 19.4 Å². The summed E-state index contributed by atoms with van der Waals surface area (Å²) in [5.41, 5.74) is 3.79. The number of imidazole rings is 1. The van der Waals surface area contributed by atoms with Crippen LogP contribution < -0.4 is 10.3 Å². The Labute approximate surface area is 166 Å². The van der Waals surface area contributed by atoms with Gasteiger partial charge in [0.1, 0.15) is 31.2 Å². The number of aliphatic hydroxyl groups is 3. The maximum absolute atomic E-state index is 10.2. The molecule has 10 nitrogen and oxygen atoms in total. The van der Waals surface area contributed by atoms with E-state index < -0.39 is 31.1 Å². The van der Waals surface area contributed by atoms with Crippen molar-refractivity contribution in [3.8, 4) is 0 Å². The zero-order valence-corrected chi connectivity index (χ0v) is 16.1. The van der Waals surface area contributed by atoms with Gasteiger partial charge in [-0.3, -0.25) is 9.98 Å². The Kier molecular flexibility index (Phi) is 5.09. The first-order valence-corrected chi connectivity index (χ1v) is 9.20. The minimum Gasteiger partial charge on any atom is -0.406 e. The lowest BCUT2D eigenvalue weighted by Crippen LogP contribution is -2.33. The van der Waals surface area contributed by atoms with E-state index in [2.05, 4.69) is 16.0 Å². The van der Waals surface area contributed by atoms with Crippen molar-refractivity contribution < 1.29 is 24.9 Å². The van der Waals surface area contributed by atoms with Crippen molar-refractivity contribution >= 4 is 11.2 Å². The van der Waals surface area contributed by atoms with Gasteiger partial charge in [0.25, 0.3) is 0 Å². The second-order valence-corrected chi connectivity index (χ2v) is 7.24. The summed E-state index contributed by atoms with van der Waals surface area (Å²) in [5.74, 6) is 0. The van der Waals surface area contributed by atoms with Gasteiger partial charge in [-0.15, -0.1) is 0 Å². The highest BCUT2D eigenvalue weighted by molar-refractivity contribution is 5.68. The summed E-state index contributed by atoms with van der Waals surface area (Å²) in [5, 5.41) is 37.8. The van der Waals surface area contributed by atoms with E-state index in [1.54, 1.807) is 0 Å². The van der Waals surface area contributed by atoms with Gasteiger partial charge in [0.2, 0.25) is 0 Å². The Morgan fingerprint density at radius 2 is 1.83 bits per heavy atom. The number of rotatable bonds is 5. The van der Waals surface area contributed by atoms with E-state index in [0.29, 0.717) is 5.65 Å². The fourth-order valence-electron chi connectivity index (χ4n) is 3.61. The molecule has 1 fully saturated rings. The number of aliphatic hydroxyl groups excluding tert-OH is 3. The monoisotopic (exact) mass is 401 g/mol. The first kappa shape index (κ1) is 19.5. The third kappa shape index (κ3) is 3.51. The number of benzene rings is 1. The molecule has 3 aromatic rings. The first-order valence-electron chi connectivity index (χ1n) is 9.20. The Balaban J connectivity index is 1.60.